The first-order chi connectivity index (χ1) is 9.95. The molecule has 122 valence electrons. The smallest absolute Gasteiger partial charge is 0.204 e. The Morgan fingerprint density at radius 2 is 1.76 bits per heavy atom. The van der Waals surface area contributed by atoms with Crippen LogP contribution in [0, 0.1) is 11.8 Å². The molecule has 0 bridgehead atoms. The zero-order chi connectivity index (χ0) is 15.8. The number of aliphatic hydroxyl groups is 3. The number of rotatable bonds is 8. The summed E-state index contributed by atoms with van der Waals surface area (Å²) in [6.45, 7) is 4.91. The highest BCUT2D eigenvalue weighted by atomic mass is 16.5. The van der Waals surface area contributed by atoms with Crippen LogP contribution in [0.1, 0.15) is 71.6 Å². The van der Waals surface area contributed by atoms with E-state index in [9.17, 15) is 15.3 Å². The van der Waals surface area contributed by atoms with E-state index in [1.807, 2.05) is 0 Å². The van der Waals surface area contributed by atoms with E-state index in [1.54, 1.807) is 0 Å². The van der Waals surface area contributed by atoms with Crippen molar-refractivity contribution in [1.82, 2.24) is 0 Å². The van der Waals surface area contributed by atoms with E-state index < -0.39 is 11.4 Å². The Morgan fingerprint density at radius 1 is 1.05 bits per heavy atom. The van der Waals surface area contributed by atoms with Crippen LogP contribution in [0.25, 0.3) is 0 Å². The third kappa shape index (κ3) is 5.60. The lowest BCUT2D eigenvalue weighted by Crippen LogP contribution is -2.48. The van der Waals surface area contributed by atoms with Crippen LogP contribution in [0.2, 0.25) is 0 Å². The lowest BCUT2D eigenvalue weighted by molar-refractivity contribution is -0.235. The maximum atomic E-state index is 10.3. The second kappa shape index (κ2) is 8.75. The maximum absolute atomic E-state index is 10.3. The molecule has 3 N–H and O–H groups in total. The summed E-state index contributed by atoms with van der Waals surface area (Å²) in [4.78, 5) is 0. The van der Waals surface area contributed by atoms with Crippen molar-refractivity contribution >= 4 is 0 Å². The number of unbranched alkanes of at least 4 members (excludes halogenated alkanes) is 3. The van der Waals surface area contributed by atoms with Crippen molar-refractivity contribution in [2.45, 2.75) is 89.1 Å². The molecule has 1 saturated carbocycles. The van der Waals surface area contributed by atoms with E-state index in [0.29, 0.717) is 19.4 Å². The number of hydrogen-bond donors (Lipinski definition) is 3. The minimum atomic E-state index is -2.10. The van der Waals surface area contributed by atoms with Gasteiger partial charge in [-0.2, -0.15) is 0 Å². The molecule has 1 fully saturated rings. The maximum Gasteiger partial charge on any atom is 0.204 e. The summed E-state index contributed by atoms with van der Waals surface area (Å²) < 4.78 is 5.75. The predicted molar refractivity (Wildman–Crippen MR) is 82.5 cm³/mol. The van der Waals surface area contributed by atoms with Crippen LogP contribution in [0.4, 0.5) is 0 Å². The first-order valence-electron chi connectivity index (χ1n) is 8.26. The molecule has 4 nitrogen and oxygen atoms in total. The standard InChI is InChI=1S/C17H30O4/c1-3-5-7-9-15(21-14-6-4-2)10-13-16(18)11-8-12-17(16,19)20/h15,18-20H,3-9,11-12,14H2,1-2H3/t15?,16-/m0/s1. The molecule has 2 atom stereocenters. The highest BCUT2D eigenvalue weighted by Gasteiger charge is 2.51. The molecular formula is C17H30O4. The largest absolute Gasteiger partial charge is 0.372 e. The minimum absolute atomic E-state index is 0.162. The molecule has 0 amide bonds. The fourth-order valence-corrected chi connectivity index (χ4v) is 2.51. The van der Waals surface area contributed by atoms with Gasteiger partial charge in [-0.15, -0.1) is 0 Å². The Balaban J connectivity index is 2.64. The quantitative estimate of drug-likeness (QED) is 0.365. The molecule has 0 aromatic rings. The monoisotopic (exact) mass is 298 g/mol. The lowest BCUT2D eigenvalue weighted by Gasteiger charge is -2.28. The van der Waals surface area contributed by atoms with Gasteiger partial charge in [-0.3, -0.25) is 0 Å². The Labute approximate surface area is 128 Å². The van der Waals surface area contributed by atoms with Crippen LogP contribution in [0.15, 0.2) is 0 Å². The molecule has 0 saturated heterocycles. The zero-order valence-electron chi connectivity index (χ0n) is 13.4. The van der Waals surface area contributed by atoms with E-state index in [2.05, 4.69) is 25.7 Å². The van der Waals surface area contributed by atoms with E-state index in [-0.39, 0.29) is 12.5 Å². The third-order valence-electron chi connectivity index (χ3n) is 4.05. The van der Waals surface area contributed by atoms with Crippen LogP contribution in [-0.4, -0.2) is 39.4 Å². The molecule has 1 unspecified atom stereocenters. The molecular weight excluding hydrogens is 268 g/mol. The van der Waals surface area contributed by atoms with Crippen LogP contribution in [0.5, 0.6) is 0 Å². The SMILES string of the molecule is CCCCCC(C#C[C@@]1(O)CCCC1(O)O)OCCCC. The Bertz CT molecular complexity index is 346. The molecule has 0 spiro atoms. The van der Waals surface area contributed by atoms with Gasteiger partial charge in [-0.25, -0.2) is 0 Å². The summed E-state index contributed by atoms with van der Waals surface area (Å²) in [6, 6.07) is 0. The topological polar surface area (TPSA) is 69.9 Å². The van der Waals surface area contributed by atoms with Crippen molar-refractivity contribution in [3.05, 3.63) is 0 Å². The highest BCUT2D eigenvalue weighted by molar-refractivity contribution is 5.23. The second-order valence-corrected chi connectivity index (χ2v) is 6.01. The van der Waals surface area contributed by atoms with Gasteiger partial charge >= 0.3 is 0 Å². The van der Waals surface area contributed by atoms with E-state index in [1.165, 1.54) is 0 Å². The Morgan fingerprint density at radius 3 is 2.33 bits per heavy atom. The van der Waals surface area contributed by atoms with Crippen LogP contribution >= 0.6 is 0 Å². The summed E-state index contributed by atoms with van der Waals surface area (Å²) in [6.07, 6.45) is 6.96. The van der Waals surface area contributed by atoms with Crippen LogP contribution in [-0.2, 0) is 4.74 Å². The van der Waals surface area contributed by atoms with Crippen LogP contribution < -0.4 is 0 Å². The van der Waals surface area contributed by atoms with E-state index >= 15 is 0 Å². The molecule has 0 aliphatic heterocycles. The van der Waals surface area contributed by atoms with Gasteiger partial charge in [0.15, 0.2) is 5.60 Å². The van der Waals surface area contributed by atoms with Crippen molar-refractivity contribution in [3.8, 4) is 11.8 Å². The minimum Gasteiger partial charge on any atom is -0.372 e. The predicted octanol–water partition coefficient (Wildman–Crippen LogP) is 2.35. The van der Waals surface area contributed by atoms with Crippen LogP contribution in [0.3, 0.4) is 0 Å². The van der Waals surface area contributed by atoms with Gasteiger partial charge in [0.25, 0.3) is 0 Å². The Kier molecular flexibility index (Phi) is 7.69. The van der Waals surface area contributed by atoms with Crippen molar-refractivity contribution in [2.24, 2.45) is 0 Å². The molecule has 0 aromatic carbocycles. The van der Waals surface area contributed by atoms with E-state index in [4.69, 9.17) is 4.74 Å². The van der Waals surface area contributed by atoms with Gasteiger partial charge in [0.1, 0.15) is 6.10 Å². The van der Waals surface area contributed by atoms with Crippen molar-refractivity contribution < 1.29 is 20.1 Å². The molecule has 0 aromatic heterocycles. The van der Waals surface area contributed by atoms with Crippen molar-refractivity contribution in [3.63, 3.8) is 0 Å². The summed E-state index contributed by atoms with van der Waals surface area (Å²) in [5.41, 5.74) is -1.72. The molecule has 0 heterocycles. The normalized spacial score (nSPS) is 25.4. The van der Waals surface area contributed by atoms with Crippen molar-refractivity contribution in [1.29, 1.82) is 0 Å². The lowest BCUT2D eigenvalue weighted by atomic mass is 9.96. The molecule has 1 aliphatic rings. The Hall–Kier alpha value is -0.600. The fraction of sp³-hybridized carbons (Fsp3) is 0.882. The molecule has 0 radical (unpaired) electrons. The van der Waals surface area contributed by atoms with Gasteiger partial charge in [0.05, 0.1) is 0 Å². The molecule has 21 heavy (non-hydrogen) atoms. The average Bonchev–Trinajstić information content (AvgIpc) is 2.70. The number of ether oxygens (including phenoxy) is 1. The van der Waals surface area contributed by atoms with Gasteiger partial charge in [-0.1, -0.05) is 45.0 Å². The van der Waals surface area contributed by atoms with Gasteiger partial charge in [0, 0.05) is 13.0 Å². The van der Waals surface area contributed by atoms with Gasteiger partial charge < -0.3 is 20.1 Å². The third-order valence-corrected chi connectivity index (χ3v) is 4.05. The first kappa shape index (κ1) is 18.4. The van der Waals surface area contributed by atoms with E-state index in [0.717, 1.165) is 38.5 Å². The fourth-order valence-electron chi connectivity index (χ4n) is 2.51. The second-order valence-electron chi connectivity index (χ2n) is 6.01. The average molecular weight is 298 g/mol. The zero-order valence-corrected chi connectivity index (χ0v) is 13.4. The number of hydrogen-bond acceptors (Lipinski definition) is 4. The summed E-state index contributed by atoms with van der Waals surface area (Å²) in [5, 5.41) is 29.9. The summed E-state index contributed by atoms with van der Waals surface area (Å²) in [7, 11) is 0. The highest BCUT2D eigenvalue weighted by Crippen LogP contribution is 2.36. The van der Waals surface area contributed by atoms with Crippen molar-refractivity contribution in [2.75, 3.05) is 6.61 Å². The molecule has 1 rings (SSSR count). The van der Waals surface area contributed by atoms with Gasteiger partial charge in [0.2, 0.25) is 5.79 Å². The molecule has 4 heteroatoms. The summed E-state index contributed by atoms with van der Waals surface area (Å²) in [5.74, 6) is 3.52. The summed E-state index contributed by atoms with van der Waals surface area (Å²) >= 11 is 0. The molecule has 1 aliphatic carbocycles. The van der Waals surface area contributed by atoms with Gasteiger partial charge in [-0.05, 0) is 32.1 Å². The first-order valence-corrected chi connectivity index (χ1v) is 8.26.